The van der Waals surface area contributed by atoms with Crippen molar-refractivity contribution >= 4 is 11.6 Å². The van der Waals surface area contributed by atoms with Gasteiger partial charge in [-0.15, -0.1) is 0 Å². The van der Waals surface area contributed by atoms with Gasteiger partial charge in [-0.05, 0) is 43.0 Å². The predicted octanol–water partition coefficient (Wildman–Crippen LogP) is 0.890. The molecular formula is C20H31N3O3. The Morgan fingerprint density at radius 1 is 1.12 bits per heavy atom. The molecule has 2 saturated heterocycles. The van der Waals surface area contributed by atoms with Crippen LogP contribution in [0.5, 0.6) is 0 Å². The molecule has 144 valence electrons. The summed E-state index contributed by atoms with van der Waals surface area (Å²) in [5.74, 6) is 0.470. The number of likely N-dealkylation sites (tertiary alicyclic amines) is 2. The minimum atomic E-state index is -0.174. The van der Waals surface area contributed by atoms with Crippen LogP contribution in [0.25, 0.3) is 0 Å². The standard InChI is InChI=1S/C20H31N3O3/c1-21(2)18-5-3-15(4-6-18)20(26)23-12-16(17(13-23)14-24)11-22-9-7-19(25)8-10-22/h3-6,16-17,19,24-25H,7-14H2,1-2H3/t16-,17-/m1/s1. The zero-order chi connectivity index (χ0) is 18.7. The van der Waals surface area contributed by atoms with Crippen molar-refractivity contribution in [1.29, 1.82) is 0 Å². The Morgan fingerprint density at radius 3 is 2.31 bits per heavy atom. The fraction of sp³-hybridized carbons (Fsp3) is 0.650. The van der Waals surface area contributed by atoms with E-state index < -0.39 is 0 Å². The van der Waals surface area contributed by atoms with E-state index >= 15 is 0 Å². The van der Waals surface area contributed by atoms with Gasteiger partial charge < -0.3 is 24.9 Å². The van der Waals surface area contributed by atoms with Crippen molar-refractivity contribution in [3.8, 4) is 0 Å². The highest BCUT2D eigenvalue weighted by Crippen LogP contribution is 2.27. The van der Waals surface area contributed by atoms with Crippen LogP contribution >= 0.6 is 0 Å². The third-order valence-electron chi connectivity index (χ3n) is 5.78. The summed E-state index contributed by atoms with van der Waals surface area (Å²) in [6, 6.07) is 7.68. The Morgan fingerprint density at radius 2 is 1.73 bits per heavy atom. The van der Waals surface area contributed by atoms with Crippen LogP contribution in [0, 0.1) is 11.8 Å². The van der Waals surface area contributed by atoms with Crippen LogP contribution in [0.3, 0.4) is 0 Å². The van der Waals surface area contributed by atoms with Crippen LogP contribution < -0.4 is 4.90 Å². The van der Waals surface area contributed by atoms with E-state index in [1.54, 1.807) is 0 Å². The molecule has 0 aliphatic carbocycles. The normalized spacial score (nSPS) is 24.8. The molecule has 2 N–H and O–H groups in total. The lowest BCUT2D eigenvalue weighted by Gasteiger charge is -2.32. The van der Waals surface area contributed by atoms with E-state index in [9.17, 15) is 15.0 Å². The Kier molecular flexibility index (Phi) is 6.16. The van der Waals surface area contributed by atoms with Gasteiger partial charge >= 0.3 is 0 Å². The average molecular weight is 361 g/mol. The number of aliphatic hydroxyl groups is 2. The van der Waals surface area contributed by atoms with E-state index in [0.29, 0.717) is 24.6 Å². The van der Waals surface area contributed by atoms with E-state index in [1.165, 1.54) is 0 Å². The van der Waals surface area contributed by atoms with Crippen LogP contribution in [0.15, 0.2) is 24.3 Å². The maximum atomic E-state index is 12.9. The van der Waals surface area contributed by atoms with Crippen molar-refractivity contribution in [1.82, 2.24) is 9.80 Å². The smallest absolute Gasteiger partial charge is 0.253 e. The molecule has 0 spiro atoms. The molecule has 2 fully saturated rings. The van der Waals surface area contributed by atoms with E-state index in [0.717, 1.165) is 38.2 Å². The van der Waals surface area contributed by atoms with Crippen molar-refractivity contribution < 1.29 is 15.0 Å². The number of anilines is 1. The first kappa shape index (κ1) is 19.1. The lowest BCUT2D eigenvalue weighted by Crippen LogP contribution is -2.40. The maximum absolute atomic E-state index is 12.9. The highest BCUT2D eigenvalue weighted by Gasteiger charge is 2.36. The highest BCUT2D eigenvalue weighted by atomic mass is 16.3. The SMILES string of the molecule is CN(C)c1ccc(C(=O)N2C[C@@H](CN3CCC(O)CC3)[C@@H](CO)C2)cc1. The van der Waals surface area contributed by atoms with Gasteiger partial charge in [0.1, 0.15) is 0 Å². The Hall–Kier alpha value is -1.63. The number of hydrogen-bond acceptors (Lipinski definition) is 5. The average Bonchev–Trinajstić information content (AvgIpc) is 3.06. The second-order valence-corrected chi connectivity index (χ2v) is 7.89. The minimum absolute atomic E-state index is 0.0466. The maximum Gasteiger partial charge on any atom is 0.253 e. The monoisotopic (exact) mass is 361 g/mol. The summed E-state index contributed by atoms with van der Waals surface area (Å²) in [6.07, 6.45) is 1.46. The summed E-state index contributed by atoms with van der Waals surface area (Å²) in [6.45, 7) is 4.11. The van der Waals surface area contributed by atoms with Crippen LogP contribution in [-0.2, 0) is 0 Å². The first-order chi connectivity index (χ1) is 12.5. The Balaban J connectivity index is 1.61. The molecule has 2 aliphatic heterocycles. The number of carbonyl (C=O) groups is 1. The Labute approximate surface area is 156 Å². The fourth-order valence-corrected chi connectivity index (χ4v) is 4.04. The van der Waals surface area contributed by atoms with E-state index in [-0.39, 0.29) is 24.5 Å². The van der Waals surface area contributed by atoms with Crippen LogP contribution in [0.4, 0.5) is 5.69 Å². The predicted molar refractivity (Wildman–Crippen MR) is 102 cm³/mol. The van der Waals surface area contributed by atoms with E-state index in [4.69, 9.17) is 0 Å². The number of amides is 1. The molecule has 1 amide bonds. The van der Waals surface area contributed by atoms with Crippen LogP contribution in [-0.4, -0.2) is 85.5 Å². The van der Waals surface area contributed by atoms with Crippen LogP contribution in [0.2, 0.25) is 0 Å². The highest BCUT2D eigenvalue weighted by molar-refractivity contribution is 5.94. The zero-order valence-electron chi connectivity index (χ0n) is 15.8. The molecule has 6 heteroatoms. The first-order valence-corrected chi connectivity index (χ1v) is 9.56. The molecule has 2 heterocycles. The van der Waals surface area contributed by atoms with Gasteiger partial charge in [0.05, 0.1) is 6.10 Å². The number of nitrogens with zero attached hydrogens (tertiary/aromatic N) is 3. The van der Waals surface area contributed by atoms with Gasteiger partial charge in [-0.1, -0.05) is 0 Å². The van der Waals surface area contributed by atoms with E-state index in [2.05, 4.69) is 4.90 Å². The van der Waals surface area contributed by atoms with Crippen molar-refractivity contribution in [2.45, 2.75) is 18.9 Å². The molecule has 0 unspecified atom stereocenters. The van der Waals surface area contributed by atoms with Crippen molar-refractivity contribution in [3.05, 3.63) is 29.8 Å². The number of rotatable bonds is 5. The van der Waals surface area contributed by atoms with Gasteiger partial charge in [-0.3, -0.25) is 4.79 Å². The summed E-state index contributed by atoms with van der Waals surface area (Å²) >= 11 is 0. The second kappa shape index (κ2) is 8.37. The van der Waals surface area contributed by atoms with Gasteiger partial charge in [0.15, 0.2) is 0 Å². The van der Waals surface area contributed by atoms with Crippen LogP contribution in [0.1, 0.15) is 23.2 Å². The number of benzene rings is 1. The number of aliphatic hydroxyl groups excluding tert-OH is 2. The summed E-state index contributed by atoms with van der Waals surface area (Å²) in [5.41, 5.74) is 1.77. The number of carbonyl (C=O) groups excluding carboxylic acids is 1. The van der Waals surface area contributed by atoms with Crippen molar-refractivity contribution in [3.63, 3.8) is 0 Å². The molecule has 2 atom stereocenters. The lowest BCUT2D eigenvalue weighted by atomic mass is 9.95. The topological polar surface area (TPSA) is 67.3 Å². The molecule has 0 saturated carbocycles. The molecule has 1 aromatic rings. The van der Waals surface area contributed by atoms with Crippen molar-refractivity contribution in [2.24, 2.45) is 11.8 Å². The second-order valence-electron chi connectivity index (χ2n) is 7.89. The summed E-state index contributed by atoms with van der Waals surface area (Å²) < 4.78 is 0. The molecule has 0 radical (unpaired) electrons. The Bertz CT molecular complexity index is 597. The largest absolute Gasteiger partial charge is 0.396 e. The lowest BCUT2D eigenvalue weighted by molar-refractivity contribution is 0.0679. The molecule has 3 rings (SSSR count). The number of piperidine rings is 1. The summed E-state index contributed by atoms with van der Waals surface area (Å²) in [7, 11) is 3.96. The number of hydrogen-bond donors (Lipinski definition) is 2. The van der Waals surface area contributed by atoms with Crippen molar-refractivity contribution in [2.75, 3.05) is 58.3 Å². The van der Waals surface area contributed by atoms with Gasteiger partial charge in [-0.25, -0.2) is 0 Å². The molecular weight excluding hydrogens is 330 g/mol. The molecule has 6 nitrogen and oxygen atoms in total. The summed E-state index contributed by atoms with van der Waals surface area (Å²) in [4.78, 5) is 19.1. The zero-order valence-corrected chi connectivity index (χ0v) is 15.8. The quantitative estimate of drug-likeness (QED) is 0.815. The molecule has 0 bridgehead atoms. The minimum Gasteiger partial charge on any atom is -0.396 e. The fourth-order valence-electron chi connectivity index (χ4n) is 4.04. The molecule has 2 aliphatic rings. The van der Waals surface area contributed by atoms with Gasteiger partial charge in [0.2, 0.25) is 0 Å². The van der Waals surface area contributed by atoms with Gasteiger partial charge in [0, 0.05) is 70.6 Å². The third-order valence-corrected chi connectivity index (χ3v) is 5.78. The summed E-state index contributed by atoms with van der Waals surface area (Å²) in [5, 5.41) is 19.4. The molecule has 0 aromatic heterocycles. The first-order valence-electron chi connectivity index (χ1n) is 9.56. The third kappa shape index (κ3) is 4.37. The molecule has 1 aromatic carbocycles. The van der Waals surface area contributed by atoms with Gasteiger partial charge in [0.25, 0.3) is 5.91 Å². The van der Waals surface area contributed by atoms with Gasteiger partial charge in [-0.2, -0.15) is 0 Å². The van der Waals surface area contributed by atoms with E-state index in [1.807, 2.05) is 48.2 Å². The molecule has 26 heavy (non-hydrogen) atoms.